The van der Waals surface area contributed by atoms with Crippen molar-refractivity contribution in [2.75, 3.05) is 11.2 Å². The summed E-state index contributed by atoms with van der Waals surface area (Å²) in [6, 6.07) is 7.92. The largest absolute Gasteiger partial charge is 0.301 e. The number of hydrogen-bond acceptors (Lipinski definition) is 7. The molecule has 0 aromatic heterocycles. The van der Waals surface area contributed by atoms with Crippen LogP contribution in [0.25, 0.3) is 0 Å². The van der Waals surface area contributed by atoms with Crippen molar-refractivity contribution in [3.05, 3.63) is 68.0 Å². The van der Waals surface area contributed by atoms with Crippen molar-refractivity contribution in [2.24, 2.45) is 5.10 Å². The predicted molar refractivity (Wildman–Crippen MR) is 91.7 cm³/mol. The Bertz CT molecular complexity index is 903. The maximum Gasteiger partial charge on any atom is 0.301 e. The number of nitro benzene ring substituents is 2. The van der Waals surface area contributed by atoms with Gasteiger partial charge in [0.25, 0.3) is 5.69 Å². The Kier molecular flexibility index (Phi) is 4.61. The number of halogens is 1. The molecule has 0 bridgehead atoms. The van der Waals surface area contributed by atoms with Gasteiger partial charge in [0.15, 0.2) is 0 Å². The highest BCUT2D eigenvalue weighted by Gasteiger charge is 2.21. The number of thioether (sulfide) groups is 1. The standard InChI is InChI=1S/C15H11FN4O4S/c16-11-3-1-2-10-12(6-7-25-15(10)11)17-18-13-5-4-9(19(21)22)8-14(13)20(23)24/h1-5,8,18H,6-7H2. The van der Waals surface area contributed by atoms with Gasteiger partial charge in [-0.25, -0.2) is 4.39 Å². The molecule has 128 valence electrons. The van der Waals surface area contributed by atoms with Crippen molar-refractivity contribution in [3.8, 4) is 0 Å². The summed E-state index contributed by atoms with van der Waals surface area (Å²) in [5.41, 5.74) is 2.97. The molecule has 0 amide bonds. The molecule has 3 rings (SSSR count). The molecule has 8 nitrogen and oxygen atoms in total. The monoisotopic (exact) mass is 362 g/mol. The van der Waals surface area contributed by atoms with Gasteiger partial charge < -0.3 is 0 Å². The zero-order chi connectivity index (χ0) is 18.0. The van der Waals surface area contributed by atoms with Crippen LogP contribution in [0.4, 0.5) is 21.5 Å². The van der Waals surface area contributed by atoms with Crippen LogP contribution in [0.2, 0.25) is 0 Å². The van der Waals surface area contributed by atoms with Gasteiger partial charge in [-0.2, -0.15) is 5.10 Å². The smallest absolute Gasteiger partial charge is 0.271 e. The second-order valence-corrected chi connectivity index (χ2v) is 6.21. The summed E-state index contributed by atoms with van der Waals surface area (Å²) in [6.45, 7) is 0. The minimum atomic E-state index is -0.722. The minimum absolute atomic E-state index is 0.0271. The number of fused-ring (bicyclic) bond motifs is 1. The Labute approximate surface area is 145 Å². The van der Waals surface area contributed by atoms with Gasteiger partial charge in [0.2, 0.25) is 0 Å². The predicted octanol–water partition coefficient (Wildman–Crippen LogP) is 3.95. The van der Waals surface area contributed by atoms with Gasteiger partial charge in [-0.1, -0.05) is 12.1 Å². The van der Waals surface area contributed by atoms with E-state index in [2.05, 4.69) is 10.5 Å². The molecule has 0 radical (unpaired) electrons. The molecule has 25 heavy (non-hydrogen) atoms. The Balaban J connectivity index is 1.95. The van der Waals surface area contributed by atoms with Gasteiger partial charge in [-0.15, -0.1) is 11.8 Å². The number of nitrogens with zero attached hydrogens (tertiary/aromatic N) is 3. The second-order valence-electron chi connectivity index (χ2n) is 5.10. The van der Waals surface area contributed by atoms with Gasteiger partial charge in [-0.05, 0) is 12.1 Å². The first kappa shape index (κ1) is 16.8. The second kappa shape index (κ2) is 6.85. The summed E-state index contributed by atoms with van der Waals surface area (Å²) >= 11 is 1.39. The van der Waals surface area contributed by atoms with Crippen molar-refractivity contribution in [3.63, 3.8) is 0 Å². The molecule has 10 heteroatoms. The molecular formula is C15H11FN4O4S. The number of nitro groups is 2. The highest BCUT2D eigenvalue weighted by atomic mass is 32.2. The highest BCUT2D eigenvalue weighted by molar-refractivity contribution is 7.99. The van der Waals surface area contributed by atoms with Gasteiger partial charge in [0.05, 0.1) is 26.5 Å². The number of rotatable bonds is 4. The van der Waals surface area contributed by atoms with Crippen molar-refractivity contribution < 1.29 is 14.2 Å². The van der Waals surface area contributed by atoms with E-state index in [1.807, 2.05) is 0 Å². The van der Waals surface area contributed by atoms with E-state index in [0.717, 1.165) is 12.1 Å². The molecule has 0 fully saturated rings. The average molecular weight is 362 g/mol. The van der Waals surface area contributed by atoms with Crippen molar-refractivity contribution >= 4 is 34.5 Å². The average Bonchev–Trinajstić information content (AvgIpc) is 2.60. The summed E-state index contributed by atoms with van der Waals surface area (Å²) in [5, 5.41) is 26.1. The summed E-state index contributed by atoms with van der Waals surface area (Å²) in [6.07, 6.45) is 0.564. The lowest BCUT2D eigenvalue weighted by atomic mass is 10.1. The molecule has 1 N–H and O–H groups in total. The van der Waals surface area contributed by atoms with Crippen LogP contribution in [-0.4, -0.2) is 21.3 Å². The van der Waals surface area contributed by atoms with Crippen molar-refractivity contribution in [1.29, 1.82) is 0 Å². The molecule has 1 aliphatic rings. The third-order valence-corrected chi connectivity index (χ3v) is 4.68. The van der Waals surface area contributed by atoms with E-state index in [1.165, 1.54) is 23.9 Å². The fourth-order valence-corrected chi connectivity index (χ4v) is 3.44. The third kappa shape index (κ3) is 3.43. The molecule has 1 aliphatic heterocycles. The number of anilines is 1. The van der Waals surface area contributed by atoms with Crippen LogP contribution >= 0.6 is 11.8 Å². The summed E-state index contributed by atoms with van der Waals surface area (Å²) in [4.78, 5) is 21.0. The number of benzene rings is 2. The van der Waals surface area contributed by atoms with Crippen LogP contribution in [0.3, 0.4) is 0 Å². The lowest BCUT2D eigenvalue weighted by Gasteiger charge is -2.17. The van der Waals surface area contributed by atoms with E-state index < -0.39 is 15.5 Å². The number of hydrogen-bond donors (Lipinski definition) is 1. The molecule has 0 spiro atoms. The van der Waals surface area contributed by atoms with Crippen LogP contribution in [-0.2, 0) is 0 Å². The summed E-state index contributed by atoms with van der Waals surface area (Å²) in [5.74, 6) is 0.299. The molecule has 0 saturated heterocycles. The molecule has 0 atom stereocenters. The maximum absolute atomic E-state index is 13.8. The van der Waals surface area contributed by atoms with Crippen LogP contribution in [0.15, 0.2) is 46.4 Å². The Morgan fingerprint density at radius 2 is 1.96 bits per heavy atom. The van der Waals surface area contributed by atoms with E-state index in [1.54, 1.807) is 12.1 Å². The van der Waals surface area contributed by atoms with Crippen LogP contribution in [0.5, 0.6) is 0 Å². The number of hydrazone groups is 1. The lowest BCUT2D eigenvalue weighted by molar-refractivity contribution is -0.393. The summed E-state index contributed by atoms with van der Waals surface area (Å²) < 4.78 is 13.8. The molecule has 0 aliphatic carbocycles. The molecular weight excluding hydrogens is 351 g/mol. The first-order chi connectivity index (χ1) is 12.0. The lowest BCUT2D eigenvalue weighted by Crippen LogP contribution is -2.13. The van der Waals surface area contributed by atoms with E-state index in [0.29, 0.717) is 28.3 Å². The highest BCUT2D eigenvalue weighted by Crippen LogP contribution is 2.33. The van der Waals surface area contributed by atoms with Crippen molar-refractivity contribution in [2.45, 2.75) is 11.3 Å². The SMILES string of the molecule is O=[N+]([O-])c1ccc(NN=C2CCSc3c(F)cccc32)c([N+](=O)[O-])c1. The zero-order valence-corrected chi connectivity index (χ0v) is 13.5. The van der Waals surface area contributed by atoms with E-state index in [4.69, 9.17) is 0 Å². The van der Waals surface area contributed by atoms with E-state index >= 15 is 0 Å². The van der Waals surface area contributed by atoms with E-state index in [9.17, 15) is 24.6 Å². The van der Waals surface area contributed by atoms with Crippen LogP contribution < -0.4 is 5.43 Å². The number of nitrogens with one attached hydrogen (secondary N) is 1. The first-order valence-corrected chi connectivity index (χ1v) is 8.13. The van der Waals surface area contributed by atoms with Gasteiger partial charge in [-0.3, -0.25) is 25.7 Å². The minimum Gasteiger partial charge on any atom is -0.271 e. The van der Waals surface area contributed by atoms with Crippen molar-refractivity contribution in [1.82, 2.24) is 0 Å². The van der Waals surface area contributed by atoms with Gasteiger partial charge >= 0.3 is 5.69 Å². The summed E-state index contributed by atoms with van der Waals surface area (Å²) in [7, 11) is 0. The molecule has 2 aromatic rings. The molecule has 0 unspecified atom stereocenters. The first-order valence-electron chi connectivity index (χ1n) is 7.14. The fraction of sp³-hybridized carbons (Fsp3) is 0.133. The van der Waals surface area contributed by atoms with Crippen LogP contribution in [0, 0.1) is 26.0 Å². The zero-order valence-electron chi connectivity index (χ0n) is 12.6. The van der Waals surface area contributed by atoms with Gasteiger partial charge in [0, 0.05) is 23.8 Å². The Morgan fingerprint density at radius 3 is 2.68 bits per heavy atom. The molecule has 2 aromatic carbocycles. The topological polar surface area (TPSA) is 111 Å². The Morgan fingerprint density at radius 1 is 1.16 bits per heavy atom. The normalized spacial score (nSPS) is 14.8. The fourth-order valence-electron chi connectivity index (χ4n) is 2.39. The molecule has 1 heterocycles. The Hall–Kier alpha value is -3.01. The maximum atomic E-state index is 13.8. The quantitative estimate of drug-likeness (QED) is 0.651. The van der Waals surface area contributed by atoms with Gasteiger partial charge in [0.1, 0.15) is 11.5 Å². The van der Waals surface area contributed by atoms with E-state index in [-0.39, 0.29) is 17.2 Å². The number of non-ortho nitro benzene ring substituents is 1. The molecule has 0 saturated carbocycles. The van der Waals surface area contributed by atoms with Crippen LogP contribution in [0.1, 0.15) is 12.0 Å². The third-order valence-electron chi connectivity index (χ3n) is 3.56.